The molecule has 0 unspecified atom stereocenters. The van der Waals surface area contributed by atoms with E-state index in [1.54, 1.807) is 6.92 Å². The minimum Gasteiger partial charge on any atom is -0.478 e. The molecule has 1 heterocycles. The van der Waals surface area contributed by atoms with Gasteiger partial charge in [-0.1, -0.05) is 6.07 Å². The molecule has 0 spiro atoms. The number of rotatable bonds is 5. The number of nitrogens with zero attached hydrogens (tertiary/aromatic N) is 1. The van der Waals surface area contributed by atoms with Crippen molar-refractivity contribution in [1.29, 1.82) is 0 Å². The van der Waals surface area contributed by atoms with Gasteiger partial charge in [-0.3, -0.25) is 0 Å². The number of hydrogen-bond donors (Lipinski definition) is 1. The fourth-order valence-corrected chi connectivity index (χ4v) is 4.17. The molecular formula is C14H14FNO4S2. The van der Waals surface area contributed by atoms with Crippen LogP contribution >= 0.6 is 11.3 Å². The first-order chi connectivity index (χ1) is 10.2. The van der Waals surface area contributed by atoms with Crippen LogP contribution in [0.3, 0.4) is 0 Å². The molecule has 1 aromatic heterocycles. The van der Waals surface area contributed by atoms with E-state index in [0.717, 1.165) is 27.4 Å². The van der Waals surface area contributed by atoms with Crippen LogP contribution in [0.5, 0.6) is 0 Å². The van der Waals surface area contributed by atoms with E-state index >= 15 is 0 Å². The largest absolute Gasteiger partial charge is 0.478 e. The Hall–Kier alpha value is -1.77. The summed E-state index contributed by atoms with van der Waals surface area (Å²) in [5.41, 5.74) is -0.668. The average molecular weight is 343 g/mol. The summed E-state index contributed by atoms with van der Waals surface area (Å²) in [6, 6.07) is 5.97. The summed E-state index contributed by atoms with van der Waals surface area (Å²) in [4.78, 5) is 11.5. The molecule has 2 rings (SSSR count). The van der Waals surface area contributed by atoms with Crippen molar-refractivity contribution in [1.82, 2.24) is 4.31 Å². The van der Waals surface area contributed by atoms with E-state index in [-0.39, 0.29) is 4.90 Å². The summed E-state index contributed by atoms with van der Waals surface area (Å²) < 4.78 is 39.7. The van der Waals surface area contributed by atoms with Crippen molar-refractivity contribution >= 4 is 27.3 Å². The number of hydrogen-bond acceptors (Lipinski definition) is 4. The summed E-state index contributed by atoms with van der Waals surface area (Å²) >= 11 is 1.42. The van der Waals surface area contributed by atoms with Gasteiger partial charge in [0.1, 0.15) is 5.82 Å². The first kappa shape index (κ1) is 16.6. The SMILES string of the molecule is C[C@@H](c1cccs1)N(C)S(=O)(=O)c1ccc(F)c(C(=O)O)c1. The van der Waals surface area contributed by atoms with Crippen LogP contribution in [0.2, 0.25) is 0 Å². The second-order valence-electron chi connectivity index (χ2n) is 4.66. The highest BCUT2D eigenvalue weighted by Crippen LogP contribution is 2.29. The number of carbonyl (C=O) groups is 1. The molecule has 5 nitrogen and oxygen atoms in total. The normalized spacial score (nSPS) is 13.3. The quantitative estimate of drug-likeness (QED) is 0.906. The van der Waals surface area contributed by atoms with E-state index in [4.69, 9.17) is 5.11 Å². The van der Waals surface area contributed by atoms with Gasteiger partial charge in [0.05, 0.1) is 16.5 Å². The zero-order valence-corrected chi connectivity index (χ0v) is 13.5. The second kappa shape index (κ2) is 6.15. The summed E-state index contributed by atoms with van der Waals surface area (Å²) in [5, 5.41) is 10.7. The van der Waals surface area contributed by atoms with Gasteiger partial charge in [0.2, 0.25) is 10.0 Å². The maximum Gasteiger partial charge on any atom is 0.338 e. The maximum absolute atomic E-state index is 13.4. The van der Waals surface area contributed by atoms with Gasteiger partial charge in [0, 0.05) is 11.9 Å². The molecule has 0 radical (unpaired) electrons. The third-order valence-electron chi connectivity index (χ3n) is 3.35. The molecule has 0 fully saturated rings. The molecular weight excluding hydrogens is 329 g/mol. The lowest BCUT2D eigenvalue weighted by atomic mass is 10.2. The highest BCUT2D eigenvalue weighted by Gasteiger charge is 2.28. The van der Waals surface area contributed by atoms with Crippen LogP contribution in [-0.2, 0) is 10.0 Å². The van der Waals surface area contributed by atoms with Crippen LogP contribution in [0.25, 0.3) is 0 Å². The molecule has 8 heteroatoms. The lowest BCUT2D eigenvalue weighted by molar-refractivity contribution is 0.0691. The first-order valence-electron chi connectivity index (χ1n) is 6.29. The molecule has 0 aliphatic heterocycles. The molecule has 2 aromatic rings. The standard InChI is InChI=1S/C14H14FNO4S2/c1-9(13-4-3-7-21-13)16(2)22(19,20)10-5-6-12(15)11(8-10)14(17)18/h3-9H,1-2H3,(H,17,18)/t9-/m0/s1. The Morgan fingerprint density at radius 3 is 2.59 bits per heavy atom. The van der Waals surface area contributed by atoms with Gasteiger partial charge in [-0.15, -0.1) is 11.3 Å². The fraction of sp³-hybridized carbons (Fsp3) is 0.214. The topological polar surface area (TPSA) is 74.7 Å². The smallest absolute Gasteiger partial charge is 0.338 e. The van der Waals surface area contributed by atoms with Crippen LogP contribution in [0, 0.1) is 5.82 Å². The van der Waals surface area contributed by atoms with Crippen LogP contribution in [0.15, 0.2) is 40.6 Å². The van der Waals surface area contributed by atoms with Crippen molar-refractivity contribution in [2.24, 2.45) is 0 Å². The van der Waals surface area contributed by atoms with Crippen molar-refractivity contribution in [3.8, 4) is 0 Å². The molecule has 118 valence electrons. The number of thiophene rings is 1. The van der Waals surface area contributed by atoms with Crippen LogP contribution in [-0.4, -0.2) is 30.8 Å². The lowest BCUT2D eigenvalue weighted by Crippen LogP contribution is -2.29. The highest BCUT2D eigenvalue weighted by atomic mass is 32.2. The van der Waals surface area contributed by atoms with Crippen LogP contribution in [0.1, 0.15) is 28.2 Å². The van der Waals surface area contributed by atoms with Gasteiger partial charge in [-0.05, 0) is 36.6 Å². The molecule has 0 aliphatic carbocycles. The van der Waals surface area contributed by atoms with E-state index in [1.807, 2.05) is 17.5 Å². The fourth-order valence-electron chi connectivity index (χ4n) is 1.91. The number of benzene rings is 1. The van der Waals surface area contributed by atoms with Crippen LogP contribution in [0.4, 0.5) is 4.39 Å². The van der Waals surface area contributed by atoms with Gasteiger partial charge in [0.15, 0.2) is 0 Å². The van der Waals surface area contributed by atoms with E-state index in [0.29, 0.717) is 0 Å². The summed E-state index contributed by atoms with van der Waals surface area (Å²) in [7, 11) is -2.52. The Labute approximate surface area is 131 Å². The number of aromatic carboxylic acids is 1. The number of sulfonamides is 1. The summed E-state index contributed by atoms with van der Waals surface area (Å²) in [5.74, 6) is -2.48. The molecule has 0 bridgehead atoms. The van der Waals surface area contributed by atoms with E-state index in [2.05, 4.69) is 0 Å². The Kier molecular flexibility index (Phi) is 4.64. The average Bonchev–Trinajstić information content (AvgIpc) is 2.99. The molecule has 0 aliphatic rings. The maximum atomic E-state index is 13.4. The predicted molar refractivity (Wildman–Crippen MR) is 81.0 cm³/mol. The summed E-state index contributed by atoms with van der Waals surface area (Å²) in [6.07, 6.45) is 0. The van der Waals surface area contributed by atoms with Gasteiger partial charge in [-0.2, -0.15) is 4.31 Å². The molecule has 1 N–H and O–H groups in total. The molecule has 22 heavy (non-hydrogen) atoms. The lowest BCUT2D eigenvalue weighted by Gasteiger charge is -2.23. The molecule has 0 saturated carbocycles. The second-order valence-corrected chi connectivity index (χ2v) is 7.64. The van der Waals surface area contributed by atoms with Gasteiger partial charge < -0.3 is 5.11 Å². The third-order valence-corrected chi connectivity index (χ3v) is 6.31. The van der Waals surface area contributed by atoms with Crippen molar-refractivity contribution in [2.75, 3.05) is 7.05 Å². The van der Waals surface area contributed by atoms with Gasteiger partial charge in [0.25, 0.3) is 0 Å². The predicted octanol–water partition coefficient (Wildman–Crippen LogP) is 2.97. The summed E-state index contributed by atoms with van der Waals surface area (Å²) in [6.45, 7) is 1.73. The minimum absolute atomic E-state index is 0.253. The van der Waals surface area contributed by atoms with Crippen molar-refractivity contribution < 1.29 is 22.7 Å². The van der Waals surface area contributed by atoms with Crippen molar-refractivity contribution in [3.05, 3.63) is 52.0 Å². The monoisotopic (exact) mass is 343 g/mol. The van der Waals surface area contributed by atoms with E-state index < -0.39 is 33.4 Å². The third kappa shape index (κ3) is 3.03. The van der Waals surface area contributed by atoms with Gasteiger partial charge >= 0.3 is 5.97 Å². The Morgan fingerprint density at radius 1 is 1.36 bits per heavy atom. The Bertz CT molecular complexity index is 787. The molecule has 1 atom stereocenters. The van der Waals surface area contributed by atoms with Gasteiger partial charge in [-0.25, -0.2) is 17.6 Å². The highest BCUT2D eigenvalue weighted by molar-refractivity contribution is 7.89. The van der Waals surface area contributed by atoms with Crippen molar-refractivity contribution in [3.63, 3.8) is 0 Å². The number of halogens is 1. The molecule has 1 aromatic carbocycles. The Balaban J connectivity index is 2.42. The van der Waals surface area contributed by atoms with Crippen molar-refractivity contribution in [2.45, 2.75) is 17.9 Å². The molecule has 0 amide bonds. The first-order valence-corrected chi connectivity index (χ1v) is 8.61. The Morgan fingerprint density at radius 2 is 2.05 bits per heavy atom. The van der Waals surface area contributed by atoms with Crippen LogP contribution < -0.4 is 0 Å². The zero-order valence-electron chi connectivity index (χ0n) is 11.9. The molecule has 0 saturated heterocycles. The minimum atomic E-state index is -3.93. The van der Waals surface area contributed by atoms with E-state index in [9.17, 15) is 17.6 Å². The number of carboxylic acids is 1. The zero-order chi connectivity index (χ0) is 16.5. The van der Waals surface area contributed by atoms with E-state index in [1.165, 1.54) is 18.4 Å². The number of carboxylic acid groups (broad SMARTS) is 1.